The number of amides is 2. The van der Waals surface area contributed by atoms with Crippen molar-refractivity contribution < 1.29 is 24.4 Å². The van der Waals surface area contributed by atoms with Crippen LogP contribution in [0.15, 0.2) is 28.8 Å². The van der Waals surface area contributed by atoms with Crippen LogP contribution in [0.25, 0.3) is 11.5 Å². The van der Waals surface area contributed by atoms with Crippen LogP contribution >= 0.6 is 0 Å². The highest BCUT2D eigenvalue weighted by Crippen LogP contribution is 2.33. The Balaban J connectivity index is 2.31. The zero-order valence-corrected chi connectivity index (χ0v) is 18.8. The van der Waals surface area contributed by atoms with Crippen LogP contribution in [0.1, 0.15) is 58.5 Å². The molecular weight excluding hydrogens is 400 g/mol. The predicted molar refractivity (Wildman–Crippen MR) is 114 cm³/mol. The highest BCUT2D eigenvalue weighted by atomic mass is 16.5. The number of hydrogen-bond acceptors (Lipinski definition) is 7. The largest absolute Gasteiger partial charge is 0.382 e. The molecule has 0 saturated carbocycles. The van der Waals surface area contributed by atoms with E-state index in [0.717, 1.165) is 11.1 Å². The van der Waals surface area contributed by atoms with E-state index in [1.807, 2.05) is 65.8 Å². The molecule has 1 aromatic heterocycles. The quantitative estimate of drug-likeness (QED) is 0.372. The van der Waals surface area contributed by atoms with Crippen LogP contribution < -0.4 is 10.8 Å². The summed E-state index contributed by atoms with van der Waals surface area (Å²) >= 11 is 0. The molecule has 4 N–H and O–H groups in total. The molecular formula is C22H32N4O5. The second kappa shape index (κ2) is 10.0. The topological polar surface area (TPSA) is 138 Å². The molecule has 3 atom stereocenters. The van der Waals surface area contributed by atoms with Gasteiger partial charge in [-0.1, -0.05) is 57.5 Å². The van der Waals surface area contributed by atoms with Gasteiger partial charge in [-0.2, -0.15) is 4.98 Å². The van der Waals surface area contributed by atoms with Crippen LogP contribution in [0, 0.1) is 24.2 Å². The maximum Gasteiger partial charge on any atom is 0.272 e. The Labute approximate surface area is 182 Å². The molecule has 0 saturated heterocycles. The predicted octanol–water partition coefficient (Wildman–Crippen LogP) is 2.78. The summed E-state index contributed by atoms with van der Waals surface area (Å²) in [5.41, 5.74) is 2.78. The van der Waals surface area contributed by atoms with Gasteiger partial charge in [0, 0.05) is 5.56 Å². The van der Waals surface area contributed by atoms with E-state index in [-0.39, 0.29) is 12.3 Å². The second-order valence-corrected chi connectivity index (χ2v) is 9.29. The van der Waals surface area contributed by atoms with Crippen molar-refractivity contribution in [2.24, 2.45) is 17.3 Å². The number of aliphatic hydroxyl groups is 1. The van der Waals surface area contributed by atoms with E-state index in [4.69, 9.17) is 9.73 Å². The normalized spacial score (nSPS) is 14.7. The summed E-state index contributed by atoms with van der Waals surface area (Å²) in [5, 5.41) is 26.1. The zero-order chi connectivity index (χ0) is 23.3. The average molecular weight is 433 g/mol. The van der Waals surface area contributed by atoms with E-state index in [2.05, 4.69) is 15.5 Å². The smallest absolute Gasteiger partial charge is 0.272 e. The first-order valence-electron chi connectivity index (χ1n) is 10.3. The number of carbonyl (C=O) groups excluding carboxylic acids is 2. The highest BCUT2D eigenvalue weighted by molar-refractivity contribution is 5.88. The Hall–Kier alpha value is -2.78. The summed E-state index contributed by atoms with van der Waals surface area (Å²) in [5.74, 6) is -1.97. The minimum Gasteiger partial charge on any atom is -0.382 e. The second-order valence-electron chi connectivity index (χ2n) is 9.29. The van der Waals surface area contributed by atoms with Crippen LogP contribution in [-0.2, 0) is 9.59 Å². The molecule has 0 aliphatic carbocycles. The summed E-state index contributed by atoms with van der Waals surface area (Å²) < 4.78 is 5.42. The van der Waals surface area contributed by atoms with E-state index in [0.29, 0.717) is 11.7 Å². The van der Waals surface area contributed by atoms with Crippen LogP contribution in [0.3, 0.4) is 0 Å². The first-order valence-corrected chi connectivity index (χ1v) is 10.3. The van der Waals surface area contributed by atoms with Gasteiger partial charge in [-0.3, -0.25) is 14.8 Å². The minimum atomic E-state index is -1.69. The number of aryl methyl sites for hydroxylation is 1. The van der Waals surface area contributed by atoms with Gasteiger partial charge >= 0.3 is 0 Å². The SMILES string of the molecule is Cc1ccc(-c2nc([C@H](NC(=O)[C@@H](CC(C)C)[C@H](O)C(=O)NO)C(C)(C)C)no2)cc1. The molecule has 9 heteroatoms. The number of hydroxylamine groups is 1. The number of nitrogens with zero attached hydrogens (tertiary/aromatic N) is 2. The third-order valence-corrected chi connectivity index (χ3v) is 4.97. The van der Waals surface area contributed by atoms with Gasteiger partial charge in [0.15, 0.2) is 5.82 Å². The Morgan fingerprint density at radius 2 is 1.74 bits per heavy atom. The van der Waals surface area contributed by atoms with E-state index in [1.54, 1.807) is 0 Å². The molecule has 2 amide bonds. The van der Waals surface area contributed by atoms with Gasteiger partial charge in [0.05, 0.1) is 12.0 Å². The van der Waals surface area contributed by atoms with Crippen LogP contribution in [0.2, 0.25) is 0 Å². The molecule has 170 valence electrons. The molecule has 2 aromatic rings. The summed E-state index contributed by atoms with van der Waals surface area (Å²) in [6.45, 7) is 11.5. The number of carbonyl (C=O) groups is 2. The number of aromatic nitrogens is 2. The molecule has 31 heavy (non-hydrogen) atoms. The van der Waals surface area contributed by atoms with Crippen molar-refractivity contribution in [1.29, 1.82) is 0 Å². The molecule has 9 nitrogen and oxygen atoms in total. The van der Waals surface area contributed by atoms with Crippen molar-refractivity contribution in [3.63, 3.8) is 0 Å². The number of hydrogen-bond donors (Lipinski definition) is 4. The van der Waals surface area contributed by atoms with Gasteiger partial charge in [0.1, 0.15) is 6.10 Å². The lowest BCUT2D eigenvalue weighted by Crippen LogP contribution is -2.48. The summed E-state index contributed by atoms with van der Waals surface area (Å²) in [6.07, 6.45) is -1.44. The Morgan fingerprint density at radius 3 is 2.26 bits per heavy atom. The van der Waals surface area contributed by atoms with Crippen molar-refractivity contribution in [1.82, 2.24) is 20.9 Å². The van der Waals surface area contributed by atoms with Gasteiger partial charge < -0.3 is 14.9 Å². The highest BCUT2D eigenvalue weighted by Gasteiger charge is 2.38. The Kier molecular flexibility index (Phi) is 7.91. The first-order chi connectivity index (χ1) is 14.4. The van der Waals surface area contributed by atoms with Crippen LogP contribution in [0.4, 0.5) is 0 Å². The summed E-state index contributed by atoms with van der Waals surface area (Å²) in [4.78, 5) is 29.3. The van der Waals surface area contributed by atoms with Crippen molar-refractivity contribution in [3.05, 3.63) is 35.7 Å². The molecule has 0 aliphatic heterocycles. The zero-order valence-electron chi connectivity index (χ0n) is 18.8. The number of benzene rings is 1. The lowest BCUT2D eigenvalue weighted by atomic mass is 9.84. The molecule has 2 rings (SSSR count). The molecule has 1 heterocycles. The van der Waals surface area contributed by atoms with Gasteiger partial charge in [-0.05, 0) is 36.8 Å². The standard InChI is InChI=1S/C22H32N4O5/c1-12(2)11-15(16(27)20(29)25-30)19(28)23-17(22(4,5)6)18-24-21(31-26-18)14-9-7-13(3)8-10-14/h7-10,12,15-17,27,30H,11H2,1-6H3,(H,23,28)(H,25,29)/t15-,16-,17-/m0/s1. The molecule has 0 unspecified atom stereocenters. The molecule has 0 spiro atoms. The first kappa shape index (κ1) is 24.5. The molecule has 1 aromatic carbocycles. The molecule has 0 fully saturated rings. The number of aliphatic hydroxyl groups excluding tert-OH is 1. The lowest BCUT2D eigenvalue weighted by molar-refractivity contribution is -0.147. The van der Waals surface area contributed by atoms with Crippen molar-refractivity contribution in [2.45, 2.75) is 60.1 Å². The fraction of sp³-hybridized carbons (Fsp3) is 0.545. The third-order valence-electron chi connectivity index (χ3n) is 4.97. The summed E-state index contributed by atoms with van der Waals surface area (Å²) in [6, 6.07) is 6.99. The van der Waals surface area contributed by atoms with Gasteiger partial charge in [0.25, 0.3) is 11.8 Å². The Morgan fingerprint density at radius 1 is 1.13 bits per heavy atom. The summed E-state index contributed by atoms with van der Waals surface area (Å²) in [7, 11) is 0. The fourth-order valence-electron chi connectivity index (χ4n) is 3.22. The molecule has 0 aliphatic rings. The van der Waals surface area contributed by atoms with Crippen LogP contribution in [-0.4, -0.2) is 38.4 Å². The Bertz CT molecular complexity index is 886. The minimum absolute atomic E-state index is 0.0308. The van der Waals surface area contributed by atoms with Crippen molar-refractivity contribution >= 4 is 11.8 Å². The van der Waals surface area contributed by atoms with E-state index >= 15 is 0 Å². The van der Waals surface area contributed by atoms with Gasteiger partial charge in [-0.25, -0.2) is 5.48 Å². The average Bonchev–Trinajstić information content (AvgIpc) is 3.18. The van der Waals surface area contributed by atoms with E-state index in [1.165, 1.54) is 5.48 Å². The molecule has 0 radical (unpaired) electrons. The monoisotopic (exact) mass is 432 g/mol. The lowest BCUT2D eigenvalue weighted by Gasteiger charge is -2.31. The molecule has 0 bridgehead atoms. The fourth-order valence-corrected chi connectivity index (χ4v) is 3.22. The maximum atomic E-state index is 13.1. The van der Waals surface area contributed by atoms with Crippen LogP contribution in [0.5, 0.6) is 0 Å². The van der Waals surface area contributed by atoms with E-state index in [9.17, 15) is 14.7 Å². The van der Waals surface area contributed by atoms with Crippen molar-refractivity contribution in [2.75, 3.05) is 0 Å². The van der Waals surface area contributed by atoms with Gasteiger partial charge in [0.2, 0.25) is 5.91 Å². The van der Waals surface area contributed by atoms with E-state index < -0.39 is 35.3 Å². The van der Waals surface area contributed by atoms with Crippen molar-refractivity contribution in [3.8, 4) is 11.5 Å². The number of rotatable bonds is 8. The maximum absolute atomic E-state index is 13.1. The third kappa shape index (κ3) is 6.35. The van der Waals surface area contributed by atoms with Gasteiger partial charge in [-0.15, -0.1) is 0 Å². The number of nitrogens with one attached hydrogen (secondary N) is 2.